The lowest BCUT2D eigenvalue weighted by atomic mass is 9.95. The fourth-order valence-electron chi connectivity index (χ4n) is 4.30. The van der Waals surface area contributed by atoms with Crippen LogP contribution in [0.4, 0.5) is 0 Å². The molecule has 7 heteroatoms. The molecule has 1 saturated heterocycles. The molecule has 1 aromatic heterocycles. The van der Waals surface area contributed by atoms with Crippen LogP contribution in [-0.2, 0) is 16.1 Å². The molecule has 0 bridgehead atoms. The Morgan fingerprint density at radius 3 is 2.46 bits per heavy atom. The summed E-state index contributed by atoms with van der Waals surface area (Å²) in [4.78, 5) is 27.8. The minimum absolute atomic E-state index is 0.00247. The summed E-state index contributed by atoms with van der Waals surface area (Å²) < 4.78 is 16.5. The number of aliphatic hydroxyl groups is 1. The number of methoxy groups -OCH3 is 1. The fourth-order valence-corrected chi connectivity index (χ4v) is 4.30. The zero-order valence-electron chi connectivity index (χ0n) is 20.3. The Balaban J connectivity index is 1.80. The highest BCUT2D eigenvalue weighted by Gasteiger charge is 2.47. The number of hydrogen-bond acceptors (Lipinski definition) is 6. The summed E-state index contributed by atoms with van der Waals surface area (Å²) in [6.07, 6.45) is 1.48. The molecule has 0 spiro atoms. The number of aliphatic hydroxyl groups excluding tert-OH is 1. The molecule has 1 atom stereocenters. The van der Waals surface area contributed by atoms with E-state index in [2.05, 4.69) is 0 Å². The van der Waals surface area contributed by atoms with E-state index in [1.165, 1.54) is 11.2 Å². The van der Waals surface area contributed by atoms with Crippen molar-refractivity contribution in [3.8, 4) is 11.5 Å². The van der Waals surface area contributed by atoms with Crippen molar-refractivity contribution in [2.24, 2.45) is 0 Å². The number of Topliss-reactive ketones (excluding diaryl/α,β-unsaturated/α-hetero) is 1. The van der Waals surface area contributed by atoms with Crippen LogP contribution in [0.1, 0.15) is 55.2 Å². The molecule has 1 aliphatic rings. The molecule has 1 fully saturated rings. The lowest BCUT2D eigenvalue weighted by Crippen LogP contribution is -2.29. The van der Waals surface area contributed by atoms with E-state index in [-0.39, 0.29) is 23.8 Å². The Morgan fingerprint density at radius 2 is 1.86 bits per heavy atom. The topological polar surface area (TPSA) is 89.2 Å². The van der Waals surface area contributed by atoms with Gasteiger partial charge >= 0.3 is 0 Å². The predicted octanol–water partition coefficient (Wildman–Crippen LogP) is 5.43. The van der Waals surface area contributed by atoms with Crippen LogP contribution in [0.15, 0.2) is 70.9 Å². The number of carbonyl (C=O) groups excluding carboxylic acids is 2. The van der Waals surface area contributed by atoms with Gasteiger partial charge in [-0.05, 0) is 66.4 Å². The third-order valence-electron chi connectivity index (χ3n) is 6.07. The van der Waals surface area contributed by atoms with Crippen LogP contribution in [0, 0.1) is 0 Å². The summed E-state index contributed by atoms with van der Waals surface area (Å²) >= 11 is 0. The first kappa shape index (κ1) is 24.1. The molecule has 2 aromatic carbocycles. The van der Waals surface area contributed by atoms with Gasteiger partial charge in [0.2, 0.25) is 0 Å². The van der Waals surface area contributed by atoms with Crippen molar-refractivity contribution in [3.63, 3.8) is 0 Å². The van der Waals surface area contributed by atoms with Gasteiger partial charge in [-0.2, -0.15) is 0 Å². The van der Waals surface area contributed by atoms with Crippen molar-refractivity contribution >= 4 is 17.4 Å². The van der Waals surface area contributed by atoms with Crippen molar-refractivity contribution in [2.75, 3.05) is 13.7 Å². The minimum Gasteiger partial charge on any atom is -0.507 e. The van der Waals surface area contributed by atoms with E-state index in [1.807, 2.05) is 32.9 Å². The largest absolute Gasteiger partial charge is 0.507 e. The Bertz CT molecular complexity index is 1240. The van der Waals surface area contributed by atoms with E-state index in [0.717, 1.165) is 16.9 Å². The number of hydrogen-bond donors (Lipinski definition) is 1. The molecule has 1 amide bonds. The summed E-state index contributed by atoms with van der Waals surface area (Å²) in [6, 6.07) is 15.1. The monoisotopic (exact) mass is 475 g/mol. The smallest absolute Gasteiger partial charge is 0.296 e. The van der Waals surface area contributed by atoms with Crippen molar-refractivity contribution in [2.45, 2.75) is 39.3 Å². The van der Waals surface area contributed by atoms with Gasteiger partial charge in [0.25, 0.3) is 11.7 Å². The molecular formula is C28H29NO6. The standard InChI is InChI=1S/C28H29NO6/c1-5-34-22-13-10-19(15-21(22)17(2)3)26(30)24-25(23-7-6-14-35-23)29(28(32)27(24)31)16-18-8-11-20(33-4)12-9-18/h6-15,17,25,30H,5,16H2,1-4H3/b26-24-. The normalized spacial score (nSPS) is 17.3. The highest BCUT2D eigenvalue weighted by Crippen LogP contribution is 2.41. The SMILES string of the molecule is CCOc1ccc(/C(O)=C2/C(=O)C(=O)N(Cc3ccc(OC)cc3)C2c2ccco2)cc1C(C)C. The van der Waals surface area contributed by atoms with E-state index in [4.69, 9.17) is 13.9 Å². The predicted molar refractivity (Wildman–Crippen MR) is 131 cm³/mol. The Hall–Kier alpha value is -4.00. The lowest BCUT2D eigenvalue weighted by Gasteiger charge is -2.23. The van der Waals surface area contributed by atoms with Gasteiger partial charge in [-0.25, -0.2) is 0 Å². The van der Waals surface area contributed by atoms with Crippen molar-refractivity contribution in [1.82, 2.24) is 4.90 Å². The second kappa shape index (κ2) is 10.1. The van der Waals surface area contributed by atoms with Crippen LogP contribution < -0.4 is 9.47 Å². The van der Waals surface area contributed by atoms with Gasteiger partial charge in [0.1, 0.15) is 29.1 Å². The van der Waals surface area contributed by atoms with Gasteiger partial charge in [0.15, 0.2) is 0 Å². The number of likely N-dealkylation sites (tertiary alicyclic amines) is 1. The summed E-state index contributed by atoms with van der Waals surface area (Å²) in [5, 5.41) is 11.3. The number of nitrogens with zero attached hydrogens (tertiary/aromatic N) is 1. The van der Waals surface area contributed by atoms with Gasteiger partial charge in [0, 0.05) is 12.1 Å². The average Bonchev–Trinajstić information content (AvgIpc) is 3.47. The summed E-state index contributed by atoms with van der Waals surface area (Å²) in [6.45, 7) is 6.64. The molecule has 0 aliphatic carbocycles. The number of rotatable bonds is 8. The Kier molecular flexibility index (Phi) is 6.96. The second-order valence-corrected chi connectivity index (χ2v) is 8.63. The Morgan fingerprint density at radius 1 is 1.11 bits per heavy atom. The van der Waals surface area contributed by atoms with E-state index in [1.54, 1.807) is 49.6 Å². The number of benzene rings is 2. The number of ether oxygens (including phenoxy) is 2. The summed E-state index contributed by atoms with van der Waals surface area (Å²) in [5.74, 6) is 0.247. The van der Waals surface area contributed by atoms with Crippen LogP contribution >= 0.6 is 0 Å². The van der Waals surface area contributed by atoms with Gasteiger partial charge in [0.05, 0.1) is 25.6 Å². The molecule has 182 valence electrons. The minimum atomic E-state index is -0.860. The van der Waals surface area contributed by atoms with Gasteiger partial charge in [-0.3, -0.25) is 9.59 Å². The molecule has 4 rings (SSSR count). The number of carbonyl (C=O) groups is 2. The summed E-state index contributed by atoms with van der Waals surface area (Å²) in [7, 11) is 1.58. The fraction of sp³-hybridized carbons (Fsp3) is 0.286. The van der Waals surface area contributed by atoms with Crippen LogP contribution in [0.25, 0.3) is 5.76 Å². The molecule has 1 N–H and O–H groups in total. The van der Waals surface area contributed by atoms with E-state index in [9.17, 15) is 14.7 Å². The Labute approximate surface area is 204 Å². The number of ketones is 1. The zero-order valence-corrected chi connectivity index (χ0v) is 20.3. The molecule has 3 aromatic rings. The molecule has 0 radical (unpaired) electrons. The first-order chi connectivity index (χ1) is 16.8. The maximum absolute atomic E-state index is 13.2. The van der Waals surface area contributed by atoms with Gasteiger partial charge in [-0.15, -0.1) is 0 Å². The molecule has 1 aliphatic heterocycles. The first-order valence-corrected chi connectivity index (χ1v) is 11.6. The molecule has 35 heavy (non-hydrogen) atoms. The van der Waals surface area contributed by atoms with Crippen LogP contribution in [0.5, 0.6) is 11.5 Å². The van der Waals surface area contributed by atoms with Crippen molar-refractivity contribution in [1.29, 1.82) is 0 Å². The number of furan rings is 1. The molecule has 7 nitrogen and oxygen atoms in total. The molecular weight excluding hydrogens is 446 g/mol. The van der Waals surface area contributed by atoms with E-state index >= 15 is 0 Å². The van der Waals surface area contributed by atoms with E-state index in [0.29, 0.717) is 23.7 Å². The maximum Gasteiger partial charge on any atom is 0.296 e. The van der Waals surface area contributed by atoms with Gasteiger partial charge in [-0.1, -0.05) is 26.0 Å². The number of amides is 1. The molecule has 2 heterocycles. The highest BCUT2D eigenvalue weighted by atomic mass is 16.5. The molecule has 0 saturated carbocycles. The lowest BCUT2D eigenvalue weighted by molar-refractivity contribution is -0.140. The highest BCUT2D eigenvalue weighted by molar-refractivity contribution is 6.46. The first-order valence-electron chi connectivity index (χ1n) is 11.6. The molecule has 1 unspecified atom stereocenters. The summed E-state index contributed by atoms with van der Waals surface area (Å²) in [5.41, 5.74) is 2.15. The van der Waals surface area contributed by atoms with Crippen LogP contribution in [0.2, 0.25) is 0 Å². The third-order valence-corrected chi connectivity index (χ3v) is 6.07. The van der Waals surface area contributed by atoms with Crippen molar-refractivity contribution < 1.29 is 28.6 Å². The average molecular weight is 476 g/mol. The van der Waals surface area contributed by atoms with Crippen LogP contribution in [0.3, 0.4) is 0 Å². The maximum atomic E-state index is 13.2. The quantitative estimate of drug-likeness (QED) is 0.265. The van der Waals surface area contributed by atoms with E-state index < -0.39 is 17.7 Å². The van der Waals surface area contributed by atoms with Crippen molar-refractivity contribution in [3.05, 3.63) is 88.9 Å². The van der Waals surface area contributed by atoms with Gasteiger partial charge < -0.3 is 23.9 Å². The zero-order chi connectivity index (χ0) is 25.1. The third kappa shape index (κ3) is 4.67. The van der Waals surface area contributed by atoms with Crippen LogP contribution in [-0.4, -0.2) is 35.4 Å². The second-order valence-electron chi connectivity index (χ2n) is 8.63.